The molecule has 1 rings (SSSR count). The zero-order chi connectivity index (χ0) is 12.0. The number of hydrogen-bond acceptors (Lipinski definition) is 3. The maximum Gasteiger partial charge on any atom is 0.175 e. The van der Waals surface area contributed by atoms with Gasteiger partial charge in [0.05, 0.1) is 17.7 Å². The Morgan fingerprint density at radius 3 is 2.75 bits per heavy atom. The summed E-state index contributed by atoms with van der Waals surface area (Å²) in [5, 5.41) is 9.09. The average Bonchev–Trinajstić information content (AvgIpc) is 2.28. The standard InChI is InChI=1S/C12H15BrO3/c1-3-5-16-12-10(13)6-9(8-14)7-11(12)15-4-2/h3,6-7,14H,1,4-5,8H2,2H3. The Morgan fingerprint density at radius 2 is 2.19 bits per heavy atom. The van der Waals surface area contributed by atoms with E-state index in [1.807, 2.05) is 6.92 Å². The molecule has 0 spiro atoms. The van der Waals surface area contributed by atoms with Gasteiger partial charge in [-0.05, 0) is 40.5 Å². The van der Waals surface area contributed by atoms with Crippen LogP contribution in [-0.4, -0.2) is 18.3 Å². The van der Waals surface area contributed by atoms with Crippen molar-refractivity contribution in [2.75, 3.05) is 13.2 Å². The van der Waals surface area contributed by atoms with E-state index in [0.717, 1.165) is 10.0 Å². The van der Waals surface area contributed by atoms with Crippen LogP contribution < -0.4 is 9.47 Å². The lowest BCUT2D eigenvalue weighted by Gasteiger charge is -2.13. The molecule has 0 fully saturated rings. The van der Waals surface area contributed by atoms with E-state index in [9.17, 15) is 0 Å². The Bertz CT molecular complexity index is 364. The monoisotopic (exact) mass is 286 g/mol. The third-order valence-electron chi connectivity index (χ3n) is 1.90. The fraction of sp³-hybridized carbons (Fsp3) is 0.333. The van der Waals surface area contributed by atoms with Crippen LogP contribution in [0.25, 0.3) is 0 Å². The van der Waals surface area contributed by atoms with Crippen LogP contribution in [0.15, 0.2) is 29.3 Å². The summed E-state index contributed by atoms with van der Waals surface area (Å²) in [7, 11) is 0. The molecule has 88 valence electrons. The second kappa shape index (κ2) is 6.55. The molecule has 0 saturated heterocycles. The highest BCUT2D eigenvalue weighted by molar-refractivity contribution is 9.10. The average molecular weight is 287 g/mol. The van der Waals surface area contributed by atoms with Crippen LogP contribution in [-0.2, 0) is 6.61 Å². The predicted octanol–water partition coefficient (Wildman–Crippen LogP) is 2.90. The number of benzene rings is 1. The molecule has 0 aliphatic rings. The van der Waals surface area contributed by atoms with Crippen LogP contribution in [0.1, 0.15) is 12.5 Å². The van der Waals surface area contributed by atoms with E-state index in [1.54, 1.807) is 18.2 Å². The Hall–Kier alpha value is -1.00. The summed E-state index contributed by atoms with van der Waals surface area (Å²) in [5.41, 5.74) is 0.779. The smallest absolute Gasteiger partial charge is 0.175 e. The van der Waals surface area contributed by atoms with Crippen molar-refractivity contribution < 1.29 is 14.6 Å². The van der Waals surface area contributed by atoms with Crippen LogP contribution in [0.5, 0.6) is 11.5 Å². The van der Waals surface area contributed by atoms with Gasteiger partial charge in [-0.25, -0.2) is 0 Å². The Labute approximate surface area is 104 Å². The molecule has 0 aromatic heterocycles. The second-order valence-electron chi connectivity index (χ2n) is 3.10. The van der Waals surface area contributed by atoms with Gasteiger partial charge in [-0.3, -0.25) is 0 Å². The molecule has 0 aliphatic heterocycles. The normalized spacial score (nSPS) is 9.94. The molecule has 16 heavy (non-hydrogen) atoms. The van der Waals surface area contributed by atoms with Gasteiger partial charge in [0.15, 0.2) is 11.5 Å². The molecular weight excluding hydrogens is 272 g/mol. The number of ether oxygens (including phenoxy) is 2. The van der Waals surface area contributed by atoms with Crippen molar-refractivity contribution in [2.45, 2.75) is 13.5 Å². The van der Waals surface area contributed by atoms with Crippen LogP contribution in [0, 0.1) is 0 Å². The van der Waals surface area contributed by atoms with Crippen molar-refractivity contribution in [3.63, 3.8) is 0 Å². The first-order valence-corrected chi connectivity index (χ1v) is 5.82. The highest BCUT2D eigenvalue weighted by Crippen LogP contribution is 2.36. The summed E-state index contributed by atoms with van der Waals surface area (Å²) in [6.45, 7) is 6.43. The molecular formula is C12H15BrO3. The first-order chi connectivity index (χ1) is 7.72. The molecule has 0 atom stereocenters. The summed E-state index contributed by atoms with van der Waals surface area (Å²) in [4.78, 5) is 0. The van der Waals surface area contributed by atoms with Gasteiger partial charge < -0.3 is 14.6 Å². The lowest BCUT2D eigenvalue weighted by Crippen LogP contribution is -2.01. The van der Waals surface area contributed by atoms with E-state index in [1.165, 1.54) is 0 Å². The molecule has 0 amide bonds. The van der Waals surface area contributed by atoms with Crippen molar-refractivity contribution in [1.29, 1.82) is 0 Å². The molecule has 0 aliphatic carbocycles. The molecule has 0 heterocycles. The molecule has 1 aromatic rings. The number of aliphatic hydroxyl groups excluding tert-OH is 1. The van der Waals surface area contributed by atoms with Crippen molar-refractivity contribution in [1.82, 2.24) is 0 Å². The molecule has 3 nitrogen and oxygen atoms in total. The minimum atomic E-state index is -0.0274. The maximum atomic E-state index is 9.09. The van der Waals surface area contributed by atoms with Crippen LogP contribution >= 0.6 is 15.9 Å². The Kier molecular flexibility index (Phi) is 5.35. The van der Waals surface area contributed by atoms with Gasteiger partial charge in [-0.2, -0.15) is 0 Å². The molecule has 4 heteroatoms. The Morgan fingerprint density at radius 1 is 1.44 bits per heavy atom. The minimum Gasteiger partial charge on any atom is -0.490 e. The van der Waals surface area contributed by atoms with Crippen LogP contribution in [0.2, 0.25) is 0 Å². The molecule has 0 radical (unpaired) electrons. The van der Waals surface area contributed by atoms with E-state index in [2.05, 4.69) is 22.5 Å². The third-order valence-corrected chi connectivity index (χ3v) is 2.49. The SMILES string of the molecule is C=CCOc1c(Br)cc(CO)cc1OCC. The van der Waals surface area contributed by atoms with Gasteiger partial charge in [-0.15, -0.1) is 0 Å². The van der Waals surface area contributed by atoms with Gasteiger partial charge >= 0.3 is 0 Å². The number of halogens is 1. The van der Waals surface area contributed by atoms with Gasteiger partial charge in [0.1, 0.15) is 6.61 Å². The third kappa shape index (κ3) is 3.25. The topological polar surface area (TPSA) is 38.7 Å². The number of hydrogen-bond donors (Lipinski definition) is 1. The van der Waals surface area contributed by atoms with E-state index < -0.39 is 0 Å². The molecule has 0 unspecified atom stereocenters. The predicted molar refractivity (Wildman–Crippen MR) is 66.9 cm³/mol. The summed E-state index contributed by atoms with van der Waals surface area (Å²) in [6, 6.07) is 3.58. The van der Waals surface area contributed by atoms with Gasteiger partial charge in [0.25, 0.3) is 0 Å². The zero-order valence-electron chi connectivity index (χ0n) is 9.20. The van der Waals surface area contributed by atoms with Crippen molar-refractivity contribution in [2.24, 2.45) is 0 Å². The van der Waals surface area contributed by atoms with E-state index in [0.29, 0.717) is 24.7 Å². The maximum absolute atomic E-state index is 9.09. The van der Waals surface area contributed by atoms with Crippen molar-refractivity contribution in [3.05, 3.63) is 34.8 Å². The first kappa shape index (κ1) is 13.1. The van der Waals surface area contributed by atoms with E-state index in [4.69, 9.17) is 14.6 Å². The summed E-state index contributed by atoms with van der Waals surface area (Å²) in [5.74, 6) is 1.27. The van der Waals surface area contributed by atoms with Crippen molar-refractivity contribution >= 4 is 15.9 Å². The summed E-state index contributed by atoms with van der Waals surface area (Å²) >= 11 is 3.39. The Balaban J connectivity index is 3.05. The molecule has 1 N–H and O–H groups in total. The van der Waals surface area contributed by atoms with E-state index in [-0.39, 0.29) is 6.61 Å². The lowest BCUT2D eigenvalue weighted by molar-refractivity contribution is 0.275. The zero-order valence-corrected chi connectivity index (χ0v) is 10.8. The summed E-state index contributed by atoms with van der Waals surface area (Å²) < 4.78 is 11.7. The quantitative estimate of drug-likeness (QED) is 0.818. The van der Waals surface area contributed by atoms with Gasteiger partial charge in [0.2, 0.25) is 0 Å². The first-order valence-electron chi connectivity index (χ1n) is 5.02. The van der Waals surface area contributed by atoms with Gasteiger partial charge in [0, 0.05) is 0 Å². The molecule has 1 aromatic carbocycles. The molecule has 0 saturated carbocycles. The van der Waals surface area contributed by atoms with Crippen LogP contribution in [0.3, 0.4) is 0 Å². The highest BCUT2D eigenvalue weighted by Gasteiger charge is 2.11. The minimum absolute atomic E-state index is 0.0274. The largest absolute Gasteiger partial charge is 0.490 e. The number of rotatable bonds is 6. The van der Waals surface area contributed by atoms with Crippen molar-refractivity contribution in [3.8, 4) is 11.5 Å². The van der Waals surface area contributed by atoms with Crippen LogP contribution in [0.4, 0.5) is 0 Å². The molecule has 0 bridgehead atoms. The fourth-order valence-corrected chi connectivity index (χ4v) is 1.86. The second-order valence-corrected chi connectivity index (χ2v) is 3.95. The van der Waals surface area contributed by atoms with Gasteiger partial charge in [-0.1, -0.05) is 12.7 Å². The number of aliphatic hydroxyl groups is 1. The highest BCUT2D eigenvalue weighted by atomic mass is 79.9. The fourth-order valence-electron chi connectivity index (χ4n) is 1.26. The van der Waals surface area contributed by atoms with E-state index >= 15 is 0 Å². The lowest BCUT2D eigenvalue weighted by atomic mass is 10.2. The summed E-state index contributed by atoms with van der Waals surface area (Å²) in [6.07, 6.45) is 1.67.